The van der Waals surface area contributed by atoms with Gasteiger partial charge in [-0.05, 0) is 78.2 Å². The predicted molar refractivity (Wildman–Crippen MR) is 130 cm³/mol. The number of aromatic nitrogens is 4. The number of alkyl halides is 3. The zero-order valence-corrected chi connectivity index (χ0v) is 21.0. The van der Waals surface area contributed by atoms with E-state index in [1.54, 1.807) is 29.1 Å². The molecule has 190 valence electrons. The first-order valence-corrected chi connectivity index (χ1v) is 11.9. The van der Waals surface area contributed by atoms with Crippen molar-refractivity contribution in [2.45, 2.75) is 58.0 Å². The van der Waals surface area contributed by atoms with E-state index in [0.29, 0.717) is 35.3 Å². The normalized spacial score (nSPS) is 13.3. The van der Waals surface area contributed by atoms with Crippen LogP contribution in [0.1, 0.15) is 61.5 Å². The zero-order chi connectivity index (χ0) is 25.9. The summed E-state index contributed by atoms with van der Waals surface area (Å²) in [5.74, 6) is 1.23. The Labute approximate surface area is 212 Å². The average molecular weight is 518 g/mol. The first-order valence-electron chi connectivity index (χ1n) is 11.6. The minimum absolute atomic E-state index is 0.376. The van der Waals surface area contributed by atoms with Crippen molar-refractivity contribution in [2.75, 3.05) is 0 Å². The molecular weight excluding hydrogens is 491 g/mol. The van der Waals surface area contributed by atoms with Gasteiger partial charge in [0, 0.05) is 11.6 Å². The van der Waals surface area contributed by atoms with Gasteiger partial charge >= 0.3 is 6.18 Å². The van der Waals surface area contributed by atoms with Gasteiger partial charge in [-0.1, -0.05) is 42.8 Å². The Morgan fingerprint density at radius 3 is 2.28 bits per heavy atom. The van der Waals surface area contributed by atoms with E-state index < -0.39 is 23.3 Å². The Hall–Kier alpha value is -3.17. The van der Waals surface area contributed by atoms with Crippen molar-refractivity contribution in [2.24, 2.45) is 0 Å². The Morgan fingerprint density at radius 1 is 1.00 bits per heavy atom. The minimum atomic E-state index is -4.43. The van der Waals surface area contributed by atoms with E-state index in [1.807, 2.05) is 39.0 Å². The van der Waals surface area contributed by atoms with E-state index in [-0.39, 0.29) is 0 Å². The van der Waals surface area contributed by atoms with Gasteiger partial charge in [0.05, 0.1) is 30.0 Å². The lowest BCUT2D eigenvalue weighted by Gasteiger charge is -2.33. The van der Waals surface area contributed by atoms with Crippen molar-refractivity contribution in [1.29, 1.82) is 0 Å². The molecule has 2 aromatic carbocycles. The van der Waals surface area contributed by atoms with E-state index in [1.165, 1.54) is 12.1 Å². The van der Waals surface area contributed by atoms with Gasteiger partial charge in [-0.2, -0.15) is 13.2 Å². The highest BCUT2D eigenvalue weighted by Gasteiger charge is 2.35. The number of hydrogen-bond donors (Lipinski definition) is 0. The number of furan rings is 1. The van der Waals surface area contributed by atoms with Crippen LogP contribution in [0.3, 0.4) is 0 Å². The Balaban J connectivity index is 1.85. The molecule has 0 saturated carbocycles. The molecule has 4 aromatic rings. The summed E-state index contributed by atoms with van der Waals surface area (Å²) in [5.41, 5.74) is 0.469. The maximum absolute atomic E-state index is 13.3. The number of tetrazole rings is 1. The molecule has 0 N–H and O–H groups in total. The van der Waals surface area contributed by atoms with Crippen molar-refractivity contribution < 1.29 is 17.6 Å². The number of hydrogen-bond acceptors (Lipinski definition) is 5. The van der Waals surface area contributed by atoms with Crippen LogP contribution in [0.4, 0.5) is 13.2 Å². The Kier molecular flexibility index (Phi) is 7.51. The summed E-state index contributed by atoms with van der Waals surface area (Å²) < 4.78 is 47.4. The Morgan fingerprint density at radius 2 is 1.69 bits per heavy atom. The third-order valence-electron chi connectivity index (χ3n) is 6.33. The van der Waals surface area contributed by atoms with Gasteiger partial charge in [-0.25, -0.2) is 4.68 Å². The molecule has 2 aromatic heterocycles. The number of nitrogens with zero attached hydrogens (tertiary/aromatic N) is 5. The number of rotatable bonds is 9. The van der Waals surface area contributed by atoms with E-state index >= 15 is 0 Å². The summed E-state index contributed by atoms with van der Waals surface area (Å²) in [5, 5.41) is 13.2. The fourth-order valence-corrected chi connectivity index (χ4v) is 4.11. The Bertz CT molecular complexity index is 1250. The van der Waals surface area contributed by atoms with Crippen LogP contribution in [0.5, 0.6) is 0 Å². The summed E-state index contributed by atoms with van der Waals surface area (Å²) in [6.07, 6.45) is -2.09. The van der Waals surface area contributed by atoms with Gasteiger partial charge < -0.3 is 4.42 Å². The molecule has 1 atom stereocenters. The van der Waals surface area contributed by atoms with Gasteiger partial charge in [-0.15, -0.1) is 5.10 Å². The van der Waals surface area contributed by atoms with E-state index in [4.69, 9.17) is 16.0 Å². The quantitative estimate of drug-likeness (QED) is 0.242. The zero-order valence-electron chi connectivity index (χ0n) is 20.2. The maximum atomic E-state index is 13.3. The molecule has 10 heteroatoms. The first-order chi connectivity index (χ1) is 17.1. The van der Waals surface area contributed by atoms with Gasteiger partial charge in [0.1, 0.15) is 5.76 Å². The number of halogens is 4. The summed E-state index contributed by atoms with van der Waals surface area (Å²) in [4.78, 5) is 2.08. The van der Waals surface area contributed by atoms with E-state index in [2.05, 4.69) is 20.4 Å². The van der Waals surface area contributed by atoms with E-state index in [9.17, 15) is 13.2 Å². The smallest absolute Gasteiger partial charge is 0.416 e. The van der Waals surface area contributed by atoms with Crippen LogP contribution < -0.4 is 0 Å². The molecule has 0 bridgehead atoms. The molecule has 0 aliphatic heterocycles. The van der Waals surface area contributed by atoms with Crippen molar-refractivity contribution in [3.05, 3.63) is 100 Å². The van der Waals surface area contributed by atoms with Crippen molar-refractivity contribution >= 4 is 11.6 Å². The van der Waals surface area contributed by atoms with Gasteiger partial charge in [0.2, 0.25) is 0 Å². The fourth-order valence-electron chi connectivity index (χ4n) is 3.99. The third-order valence-corrected chi connectivity index (χ3v) is 6.59. The molecule has 6 nitrogen and oxygen atoms in total. The topological polar surface area (TPSA) is 60.0 Å². The maximum Gasteiger partial charge on any atom is 0.416 e. The molecular formula is C26H27ClF3N5O. The van der Waals surface area contributed by atoms with Gasteiger partial charge in [0.15, 0.2) is 5.82 Å². The van der Waals surface area contributed by atoms with Crippen LogP contribution in [-0.4, -0.2) is 25.1 Å². The molecule has 4 rings (SSSR count). The van der Waals surface area contributed by atoms with Crippen molar-refractivity contribution in [1.82, 2.24) is 25.1 Å². The SMILES string of the molecule is CCC(C)(C)n1nnnc1C(c1ccc(C(F)(F)F)cc1)N(Cc1ccc(Cl)cc1)Cc1ccco1. The van der Waals surface area contributed by atoms with Crippen LogP contribution in [-0.2, 0) is 24.8 Å². The van der Waals surface area contributed by atoms with Crippen molar-refractivity contribution in [3.63, 3.8) is 0 Å². The molecule has 0 amide bonds. The lowest BCUT2D eigenvalue weighted by Crippen LogP contribution is -2.35. The standard InChI is InChI=1S/C26H27ClF3N5O/c1-4-25(2,3)35-24(31-32-33-35)23(19-9-11-20(12-10-19)26(28,29)30)34(17-22-6-5-15-36-22)16-18-7-13-21(27)14-8-18/h5-15,23H,4,16-17H2,1-3H3. The first kappa shape index (κ1) is 25.9. The molecule has 2 heterocycles. The summed E-state index contributed by atoms with van der Waals surface area (Å²) >= 11 is 6.09. The van der Waals surface area contributed by atoms with Crippen LogP contribution in [0.25, 0.3) is 0 Å². The highest BCUT2D eigenvalue weighted by molar-refractivity contribution is 6.30. The second-order valence-corrected chi connectivity index (χ2v) is 9.68. The van der Waals surface area contributed by atoms with Gasteiger partial charge in [-0.3, -0.25) is 4.90 Å². The average Bonchev–Trinajstić information content (AvgIpc) is 3.53. The number of benzene rings is 2. The lowest BCUT2D eigenvalue weighted by molar-refractivity contribution is -0.137. The van der Waals surface area contributed by atoms with Gasteiger partial charge in [0.25, 0.3) is 0 Å². The second kappa shape index (κ2) is 10.4. The third kappa shape index (κ3) is 5.79. The summed E-state index contributed by atoms with van der Waals surface area (Å²) in [6.45, 7) is 6.90. The molecule has 0 spiro atoms. The molecule has 1 unspecified atom stereocenters. The molecule has 36 heavy (non-hydrogen) atoms. The highest BCUT2D eigenvalue weighted by Crippen LogP contribution is 2.35. The lowest BCUT2D eigenvalue weighted by atomic mass is 9.98. The summed E-state index contributed by atoms with van der Waals surface area (Å²) in [7, 11) is 0. The molecule has 0 aliphatic carbocycles. The van der Waals surface area contributed by atoms with Crippen LogP contribution in [0.2, 0.25) is 5.02 Å². The predicted octanol–water partition coefficient (Wildman–Crippen LogP) is 6.88. The van der Waals surface area contributed by atoms with Crippen LogP contribution in [0.15, 0.2) is 71.3 Å². The molecule has 0 radical (unpaired) electrons. The minimum Gasteiger partial charge on any atom is -0.468 e. The molecule has 0 saturated heterocycles. The monoisotopic (exact) mass is 517 g/mol. The van der Waals surface area contributed by atoms with E-state index in [0.717, 1.165) is 24.1 Å². The molecule has 0 fully saturated rings. The van der Waals surface area contributed by atoms with Crippen LogP contribution in [0, 0.1) is 0 Å². The highest BCUT2D eigenvalue weighted by atomic mass is 35.5. The largest absolute Gasteiger partial charge is 0.468 e. The second-order valence-electron chi connectivity index (χ2n) is 9.25. The fraction of sp³-hybridized carbons (Fsp3) is 0.346. The van der Waals surface area contributed by atoms with Crippen molar-refractivity contribution in [3.8, 4) is 0 Å². The molecule has 0 aliphatic rings. The van der Waals surface area contributed by atoms with Crippen LogP contribution >= 0.6 is 11.6 Å². The summed E-state index contributed by atoms with van der Waals surface area (Å²) in [6, 6.07) is 15.7.